The number of fused-ring (bicyclic) bond motifs is 1. The highest BCUT2D eigenvalue weighted by molar-refractivity contribution is 5.89. The highest BCUT2D eigenvalue weighted by Crippen LogP contribution is 2.32. The van der Waals surface area contributed by atoms with Crippen LogP contribution in [0.5, 0.6) is 0 Å². The third-order valence-corrected chi connectivity index (χ3v) is 5.57. The third kappa shape index (κ3) is 3.88. The lowest BCUT2D eigenvalue weighted by Crippen LogP contribution is -2.11. The lowest BCUT2D eigenvalue weighted by atomic mass is 10.2. The van der Waals surface area contributed by atoms with Crippen molar-refractivity contribution in [3.8, 4) is 23.1 Å². The molecular weight excluding hydrogens is 478 g/mol. The Balaban J connectivity index is 1.60. The summed E-state index contributed by atoms with van der Waals surface area (Å²) in [6.07, 6.45) is 0.388. The van der Waals surface area contributed by atoms with Crippen LogP contribution in [0.4, 0.5) is 23.4 Å². The normalized spacial score (nSPS) is 12.6. The molecule has 0 saturated carbocycles. The summed E-state index contributed by atoms with van der Waals surface area (Å²) in [5.74, 6) is -1.73. The highest BCUT2D eigenvalue weighted by Gasteiger charge is 2.34. The Morgan fingerprint density at radius 3 is 2.47 bits per heavy atom. The van der Waals surface area contributed by atoms with Gasteiger partial charge in [0.15, 0.2) is 5.82 Å². The van der Waals surface area contributed by atoms with Crippen LogP contribution in [0.25, 0.3) is 28.1 Å². The van der Waals surface area contributed by atoms with Gasteiger partial charge in [0.25, 0.3) is 0 Å². The molecule has 5 rings (SSSR count). The number of benzene rings is 1. The first-order valence-corrected chi connectivity index (χ1v) is 10.4. The summed E-state index contributed by atoms with van der Waals surface area (Å²) in [5, 5.41) is 14.4. The number of anilines is 1. The van der Waals surface area contributed by atoms with Gasteiger partial charge in [0, 0.05) is 24.2 Å². The minimum Gasteiger partial charge on any atom is -0.383 e. The standard InChI is InChI=1S/C23H15F4N9/c1-12(14-10-32-35(11-14)18-5-3-2-4-17(18)24)36-15(7-28)6-16-19(29)33-20(34-21(16)36)13-8-30-22(31-9-13)23(25,26)27/h2-6,8-12H,1H3,(H2,29,33,34)/t12-/m0/s1. The van der Waals surface area contributed by atoms with Crippen LogP contribution in [0.15, 0.2) is 55.1 Å². The van der Waals surface area contributed by atoms with E-state index in [1.165, 1.54) is 16.8 Å². The summed E-state index contributed by atoms with van der Waals surface area (Å²) in [4.78, 5) is 15.3. The van der Waals surface area contributed by atoms with Gasteiger partial charge in [0.05, 0.1) is 23.2 Å². The summed E-state index contributed by atoms with van der Waals surface area (Å²) in [5.41, 5.74) is 7.62. The second-order valence-electron chi connectivity index (χ2n) is 7.82. The topological polar surface area (TPSA) is 124 Å². The molecule has 36 heavy (non-hydrogen) atoms. The molecule has 1 atom stereocenters. The molecule has 4 heterocycles. The lowest BCUT2D eigenvalue weighted by Gasteiger charge is -2.15. The molecule has 0 spiro atoms. The van der Waals surface area contributed by atoms with E-state index in [-0.39, 0.29) is 34.2 Å². The van der Waals surface area contributed by atoms with E-state index in [2.05, 4.69) is 31.1 Å². The van der Waals surface area contributed by atoms with E-state index in [1.54, 1.807) is 42.1 Å². The SMILES string of the molecule is C[C@@H](c1cnn(-c2ccccc2F)c1)n1c(C#N)cc2c(N)nc(-c3cnc(C(F)(F)F)nc3)nc21. The summed E-state index contributed by atoms with van der Waals surface area (Å²) in [6.45, 7) is 1.79. The van der Waals surface area contributed by atoms with E-state index >= 15 is 0 Å². The van der Waals surface area contributed by atoms with Crippen LogP contribution in [-0.2, 0) is 6.18 Å². The molecule has 9 nitrogen and oxygen atoms in total. The first-order valence-electron chi connectivity index (χ1n) is 10.4. The quantitative estimate of drug-likeness (QED) is 0.370. The molecule has 180 valence electrons. The molecule has 0 saturated heterocycles. The fraction of sp³-hybridized carbons (Fsp3) is 0.130. The van der Waals surface area contributed by atoms with Gasteiger partial charge in [-0.15, -0.1) is 0 Å². The molecule has 0 aliphatic heterocycles. The van der Waals surface area contributed by atoms with Crippen molar-refractivity contribution in [3.05, 3.63) is 78.0 Å². The Kier molecular flexibility index (Phi) is 5.36. The van der Waals surface area contributed by atoms with Crippen molar-refractivity contribution in [1.82, 2.24) is 34.3 Å². The van der Waals surface area contributed by atoms with Crippen molar-refractivity contribution in [2.24, 2.45) is 0 Å². The van der Waals surface area contributed by atoms with Crippen molar-refractivity contribution in [2.75, 3.05) is 5.73 Å². The summed E-state index contributed by atoms with van der Waals surface area (Å²) in [6, 6.07) is 9.27. The van der Waals surface area contributed by atoms with E-state index in [1.807, 2.05) is 0 Å². The van der Waals surface area contributed by atoms with Crippen molar-refractivity contribution in [3.63, 3.8) is 0 Å². The molecule has 2 N–H and O–H groups in total. The van der Waals surface area contributed by atoms with E-state index in [4.69, 9.17) is 5.73 Å². The fourth-order valence-corrected chi connectivity index (χ4v) is 3.78. The van der Waals surface area contributed by atoms with Gasteiger partial charge in [-0.25, -0.2) is 29.0 Å². The van der Waals surface area contributed by atoms with Gasteiger partial charge in [-0.3, -0.25) is 0 Å². The van der Waals surface area contributed by atoms with Gasteiger partial charge in [-0.05, 0) is 25.1 Å². The first-order chi connectivity index (χ1) is 17.2. The minimum atomic E-state index is -4.69. The molecule has 0 aliphatic rings. The van der Waals surface area contributed by atoms with Crippen LogP contribution in [0.1, 0.15) is 30.0 Å². The largest absolute Gasteiger partial charge is 0.451 e. The van der Waals surface area contributed by atoms with Gasteiger partial charge >= 0.3 is 6.18 Å². The lowest BCUT2D eigenvalue weighted by molar-refractivity contribution is -0.144. The molecule has 0 unspecified atom stereocenters. The number of hydrogen-bond acceptors (Lipinski definition) is 7. The molecule has 5 aromatic rings. The van der Waals surface area contributed by atoms with Crippen LogP contribution in [-0.4, -0.2) is 34.3 Å². The van der Waals surface area contributed by atoms with E-state index in [9.17, 15) is 22.8 Å². The van der Waals surface area contributed by atoms with E-state index in [0.29, 0.717) is 10.9 Å². The van der Waals surface area contributed by atoms with Crippen molar-refractivity contribution in [1.29, 1.82) is 5.26 Å². The zero-order chi connectivity index (χ0) is 25.6. The predicted octanol–water partition coefficient (Wildman–Crippen LogP) is 4.30. The van der Waals surface area contributed by atoms with Crippen molar-refractivity contribution < 1.29 is 17.6 Å². The number of nitrogens with two attached hydrogens (primary N) is 1. The zero-order valence-electron chi connectivity index (χ0n) is 18.4. The molecule has 4 aromatic heterocycles. The number of para-hydroxylation sites is 1. The summed E-state index contributed by atoms with van der Waals surface area (Å²) < 4.78 is 55.7. The number of alkyl halides is 3. The first kappa shape index (κ1) is 22.9. The van der Waals surface area contributed by atoms with Gasteiger partial charge in [-0.1, -0.05) is 12.1 Å². The van der Waals surface area contributed by atoms with Crippen LogP contribution < -0.4 is 5.73 Å². The number of aromatic nitrogens is 7. The number of nitrogens with zero attached hydrogens (tertiary/aromatic N) is 8. The third-order valence-electron chi connectivity index (χ3n) is 5.57. The van der Waals surface area contributed by atoms with Crippen LogP contribution in [0.2, 0.25) is 0 Å². The molecule has 0 bridgehead atoms. The number of nitrogen functional groups attached to an aromatic ring is 1. The zero-order valence-corrected chi connectivity index (χ0v) is 18.4. The maximum absolute atomic E-state index is 14.2. The molecule has 1 aromatic carbocycles. The van der Waals surface area contributed by atoms with Gasteiger partial charge in [0.1, 0.15) is 34.7 Å². The Hall–Kier alpha value is -4.86. The molecule has 0 radical (unpaired) electrons. The second kappa shape index (κ2) is 8.42. The Labute approximate surface area is 200 Å². The molecule has 0 amide bonds. The number of hydrogen-bond donors (Lipinski definition) is 1. The Morgan fingerprint density at radius 2 is 1.81 bits per heavy atom. The second-order valence-corrected chi connectivity index (χ2v) is 7.82. The summed E-state index contributed by atoms with van der Waals surface area (Å²) in [7, 11) is 0. The summed E-state index contributed by atoms with van der Waals surface area (Å²) >= 11 is 0. The monoisotopic (exact) mass is 493 g/mol. The van der Waals surface area contributed by atoms with E-state index < -0.39 is 23.9 Å². The maximum Gasteiger partial charge on any atom is 0.451 e. The van der Waals surface area contributed by atoms with Gasteiger partial charge in [0.2, 0.25) is 5.82 Å². The molecular formula is C23H15F4N9. The smallest absolute Gasteiger partial charge is 0.383 e. The van der Waals surface area contributed by atoms with Gasteiger partial charge in [-0.2, -0.15) is 23.5 Å². The van der Waals surface area contributed by atoms with Crippen LogP contribution in [0.3, 0.4) is 0 Å². The van der Waals surface area contributed by atoms with Crippen LogP contribution >= 0.6 is 0 Å². The maximum atomic E-state index is 14.2. The highest BCUT2D eigenvalue weighted by atomic mass is 19.4. The Bertz CT molecular complexity index is 1630. The van der Waals surface area contributed by atoms with Crippen molar-refractivity contribution in [2.45, 2.75) is 19.1 Å². The molecule has 0 aliphatic carbocycles. The predicted molar refractivity (Wildman–Crippen MR) is 120 cm³/mol. The number of rotatable bonds is 4. The minimum absolute atomic E-state index is 0.00758. The van der Waals surface area contributed by atoms with E-state index in [0.717, 1.165) is 12.4 Å². The number of nitriles is 1. The van der Waals surface area contributed by atoms with Crippen LogP contribution in [0, 0.1) is 17.1 Å². The molecule has 13 heteroatoms. The van der Waals surface area contributed by atoms with Crippen molar-refractivity contribution >= 4 is 16.9 Å². The molecule has 0 fully saturated rings. The average molecular weight is 493 g/mol. The average Bonchev–Trinajstić information content (AvgIpc) is 3.49. The fourth-order valence-electron chi connectivity index (χ4n) is 3.78. The Morgan fingerprint density at radius 1 is 1.08 bits per heavy atom. The number of halogens is 4. The van der Waals surface area contributed by atoms with Gasteiger partial charge < -0.3 is 10.3 Å².